The minimum atomic E-state index is -0.0428. The zero-order valence-electron chi connectivity index (χ0n) is 16.0. The summed E-state index contributed by atoms with van der Waals surface area (Å²) in [6.45, 7) is 16.5. The van der Waals surface area contributed by atoms with Crippen LogP contribution in [0.25, 0.3) is 0 Å². The van der Waals surface area contributed by atoms with Crippen molar-refractivity contribution in [2.24, 2.45) is 0 Å². The largest absolute Gasteiger partial charge is 0.507 e. The van der Waals surface area contributed by atoms with Gasteiger partial charge in [-0.2, -0.15) is 0 Å². The molecule has 0 atom stereocenters. The summed E-state index contributed by atoms with van der Waals surface area (Å²) >= 11 is 0. The molecule has 23 heavy (non-hydrogen) atoms. The van der Waals surface area contributed by atoms with Crippen molar-refractivity contribution in [3.63, 3.8) is 0 Å². The molecule has 1 aromatic carbocycles. The van der Waals surface area contributed by atoms with E-state index >= 15 is 0 Å². The molecule has 0 amide bonds. The van der Waals surface area contributed by atoms with Gasteiger partial charge in [0.05, 0.1) is 0 Å². The van der Waals surface area contributed by atoms with Crippen molar-refractivity contribution in [3.05, 3.63) is 28.8 Å². The molecule has 0 aliphatic carbocycles. The highest BCUT2D eigenvalue weighted by Gasteiger charge is 2.25. The summed E-state index contributed by atoms with van der Waals surface area (Å²) in [4.78, 5) is 2.51. The van der Waals surface area contributed by atoms with Gasteiger partial charge in [0.1, 0.15) is 5.75 Å². The second kappa shape index (κ2) is 6.84. The van der Waals surface area contributed by atoms with Gasteiger partial charge in [0, 0.05) is 12.1 Å². The van der Waals surface area contributed by atoms with Crippen LogP contribution in [-0.4, -0.2) is 23.1 Å². The zero-order valence-corrected chi connectivity index (χ0v) is 16.0. The smallest absolute Gasteiger partial charge is 0.123 e. The van der Waals surface area contributed by atoms with Crippen LogP contribution < -0.4 is 0 Å². The molecular weight excluding hydrogens is 282 g/mol. The molecule has 0 aromatic heterocycles. The second-order valence-corrected chi connectivity index (χ2v) is 9.22. The maximum atomic E-state index is 10.9. The molecule has 1 aliphatic heterocycles. The van der Waals surface area contributed by atoms with Crippen LogP contribution in [0, 0.1) is 0 Å². The lowest BCUT2D eigenvalue weighted by molar-refractivity contribution is 0.272. The predicted molar refractivity (Wildman–Crippen MR) is 99.3 cm³/mol. The quantitative estimate of drug-likeness (QED) is 0.793. The Kier molecular flexibility index (Phi) is 5.45. The van der Waals surface area contributed by atoms with Gasteiger partial charge in [0.25, 0.3) is 0 Å². The van der Waals surface area contributed by atoms with Gasteiger partial charge in [-0.1, -0.05) is 66.5 Å². The molecule has 2 heteroatoms. The molecule has 0 bridgehead atoms. The van der Waals surface area contributed by atoms with Gasteiger partial charge in [-0.05, 0) is 47.9 Å². The molecule has 1 aromatic rings. The summed E-state index contributed by atoms with van der Waals surface area (Å²) in [5.41, 5.74) is 3.56. The van der Waals surface area contributed by atoms with Gasteiger partial charge < -0.3 is 5.11 Å². The zero-order chi connectivity index (χ0) is 17.3. The number of hydrogen-bond acceptors (Lipinski definition) is 2. The normalized spacial score (nSPS) is 18.0. The number of aromatic hydroxyl groups is 1. The first-order valence-electron chi connectivity index (χ1n) is 9.18. The third-order valence-electron chi connectivity index (χ3n) is 4.96. The Morgan fingerprint density at radius 2 is 1.43 bits per heavy atom. The molecule has 2 nitrogen and oxygen atoms in total. The van der Waals surface area contributed by atoms with Crippen LogP contribution in [0.3, 0.4) is 0 Å². The number of likely N-dealkylation sites (tertiary alicyclic amines) is 1. The fourth-order valence-corrected chi connectivity index (χ4v) is 3.36. The molecule has 1 N–H and O–H groups in total. The molecule has 0 unspecified atom stereocenters. The van der Waals surface area contributed by atoms with Crippen molar-refractivity contribution in [1.29, 1.82) is 0 Å². The fraction of sp³-hybridized carbons (Fsp3) is 0.714. The van der Waals surface area contributed by atoms with Crippen molar-refractivity contribution < 1.29 is 5.11 Å². The number of hydrogen-bond donors (Lipinski definition) is 1. The molecule has 1 aliphatic rings. The number of phenolic OH excluding ortho intramolecular Hbond substituents is 1. The maximum Gasteiger partial charge on any atom is 0.123 e. The van der Waals surface area contributed by atoms with E-state index in [4.69, 9.17) is 0 Å². The average Bonchev–Trinajstić information content (AvgIpc) is 2.67. The van der Waals surface area contributed by atoms with Gasteiger partial charge in [0.15, 0.2) is 0 Å². The fourth-order valence-electron chi connectivity index (χ4n) is 3.36. The number of nitrogens with zero attached hydrogens (tertiary/aromatic N) is 1. The van der Waals surface area contributed by atoms with E-state index in [-0.39, 0.29) is 10.8 Å². The van der Waals surface area contributed by atoms with Crippen LogP contribution >= 0.6 is 0 Å². The highest BCUT2D eigenvalue weighted by molar-refractivity contribution is 5.48. The molecule has 0 spiro atoms. The highest BCUT2D eigenvalue weighted by Crippen LogP contribution is 2.38. The van der Waals surface area contributed by atoms with E-state index in [1.807, 2.05) is 0 Å². The SMILES string of the molecule is CC(C)(C)c1cc(CN2CCCCCC2)c(O)c(C(C)(C)C)c1. The molecule has 2 rings (SSSR count). The van der Waals surface area contributed by atoms with E-state index < -0.39 is 0 Å². The maximum absolute atomic E-state index is 10.9. The Hall–Kier alpha value is -1.02. The van der Waals surface area contributed by atoms with Crippen LogP contribution in [0.4, 0.5) is 0 Å². The third-order valence-corrected chi connectivity index (χ3v) is 4.96. The van der Waals surface area contributed by atoms with E-state index in [1.54, 1.807) is 0 Å². The minimum Gasteiger partial charge on any atom is -0.507 e. The van der Waals surface area contributed by atoms with E-state index in [9.17, 15) is 5.11 Å². The molecule has 1 heterocycles. The molecule has 0 saturated carbocycles. The topological polar surface area (TPSA) is 23.5 Å². The van der Waals surface area contributed by atoms with E-state index in [0.717, 1.165) is 30.8 Å². The van der Waals surface area contributed by atoms with Gasteiger partial charge in [-0.25, -0.2) is 0 Å². The lowest BCUT2D eigenvalue weighted by Crippen LogP contribution is -2.25. The van der Waals surface area contributed by atoms with Crippen molar-refractivity contribution in [3.8, 4) is 5.75 Å². The van der Waals surface area contributed by atoms with Gasteiger partial charge in [-0.15, -0.1) is 0 Å². The van der Waals surface area contributed by atoms with Crippen LogP contribution in [-0.2, 0) is 17.4 Å². The van der Waals surface area contributed by atoms with Crippen molar-refractivity contribution in [1.82, 2.24) is 4.90 Å². The number of rotatable bonds is 2. The van der Waals surface area contributed by atoms with Crippen LogP contribution in [0.15, 0.2) is 12.1 Å². The Bertz CT molecular complexity index is 526. The van der Waals surface area contributed by atoms with E-state index in [2.05, 4.69) is 58.6 Å². The molecule has 1 fully saturated rings. The van der Waals surface area contributed by atoms with E-state index in [1.165, 1.54) is 31.2 Å². The van der Waals surface area contributed by atoms with Crippen molar-refractivity contribution >= 4 is 0 Å². The lowest BCUT2D eigenvalue weighted by Gasteiger charge is -2.29. The first-order valence-corrected chi connectivity index (χ1v) is 9.18. The van der Waals surface area contributed by atoms with Crippen molar-refractivity contribution in [2.75, 3.05) is 13.1 Å². The second-order valence-electron chi connectivity index (χ2n) is 9.22. The predicted octanol–water partition coefficient (Wildman–Crippen LogP) is 5.36. The lowest BCUT2D eigenvalue weighted by atomic mass is 9.79. The van der Waals surface area contributed by atoms with Gasteiger partial charge in [-0.3, -0.25) is 4.90 Å². The Morgan fingerprint density at radius 3 is 1.91 bits per heavy atom. The number of phenols is 1. The summed E-state index contributed by atoms with van der Waals surface area (Å²) in [7, 11) is 0. The van der Waals surface area contributed by atoms with Crippen LogP contribution in [0.1, 0.15) is 83.9 Å². The standard InChI is InChI=1S/C21H35NO/c1-20(2,3)17-13-16(15-22-11-9-7-8-10-12-22)19(23)18(14-17)21(4,5)6/h13-14,23H,7-12,15H2,1-6H3. The average molecular weight is 318 g/mol. The Morgan fingerprint density at radius 1 is 0.870 bits per heavy atom. The van der Waals surface area contributed by atoms with Gasteiger partial charge in [0.2, 0.25) is 0 Å². The molecule has 0 radical (unpaired) electrons. The summed E-state index contributed by atoms with van der Waals surface area (Å²) in [6, 6.07) is 4.44. The molecule has 1 saturated heterocycles. The summed E-state index contributed by atoms with van der Waals surface area (Å²) < 4.78 is 0. The number of benzene rings is 1. The Balaban J connectivity index is 2.40. The summed E-state index contributed by atoms with van der Waals surface area (Å²) in [5.74, 6) is 0.509. The highest BCUT2D eigenvalue weighted by atomic mass is 16.3. The van der Waals surface area contributed by atoms with Crippen LogP contribution in [0.5, 0.6) is 5.75 Å². The summed E-state index contributed by atoms with van der Waals surface area (Å²) in [6.07, 6.45) is 5.26. The first-order chi connectivity index (χ1) is 10.6. The summed E-state index contributed by atoms with van der Waals surface area (Å²) in [5, 5.41) is 10.9. The molecular formula is C21H35NO. The third kappa shape index (κ3) is 4.73. The molecule has 130 valence electrons. The minimum absolute atomic E-state index is 0.0428. The first kappa shape index (κ1) is 18.3. The monoisotopic (exact) mass is 317 g/mol. The van der Waals surface area contributed by atoms with Gasteiger partial charge >= 0.3 is 0 Å². The van der Waals surface area contributed by atoms with E-state index in [0.29, 0.717) is 5.75 Å². The Labute approximate surface area is 142 Å². The van der Waals surface area contributed by atoms with Crippen molar-refractivity contribution in [2.45, 2.75) is 84.6 Å². The van der Waals surface area contributed by atoms with Crippen LogP contribution in [0.2, 0.25) is 0 Å².